The number of hydrogen-bond acceptors (Lipinski definition) is 3. The van der Waals surface area contributed by atoms with E-state index in [-0.39, 0.29) is 5.78 Å². The second kappa shape index (κ2) is 7.99. The molecule has 0 aliphatic rings. The molecule has 0 aliphatic carbocycles. The Bertz CT molecular complexity index is 703. The molecule has 2 aromatic carbocycles. The first kappa shape index (κ1) is 16.6. The summed E-state index contributed by atoms with van der Waals surface area (Å²) in [7, 11) is 3.18. The highest BCUT2D eigenvalue weighted by Gasteiger charge is 2.06. The largest absolute Gasteiger partial charge is 0.496 e. The Morgan fingerprint density at radius 2 is 1.43 bits per heavy atom. The lowest BCUT2D eigenvalue weighted by atomic mass is 10.1. The Labute approximate surface area is 136 Å². The van der Waals surface area contributed by atoms with Gasteiger partial charge in [-0.05, 0) is 42.8 Å². The quantitative estimate of drug-likeness (QED) is 0.746. The van der Waals surface area contributed by atoms with E-state index < -0.39 is 0 Å². The molecule has 0 amide bonds. The summed E-state index contributed by atoms with van der Waals surface area (Å²) in [6.07, 6.45) is 6.55. The third-order valence-electron chi connectivity index (χ3n) is 3.40. The van der Waals surface area contributed by atoms with E-state index in [1.54, 1.807) is 32.4 Å². The van der Waals surface area contributed by atoms with Gasteiger partial charge in [0.15, 0.2) is 5.78 Å². The van der Waals surface area contributed by atoms with Gasteiger partial charge in [0.2, 0.25) is 0 Å². The maximum absolute atomic E-state index is 12.0. The second-order valence-electron chi connectivity index (χ2n) is 5.06. The van der Waals surface area contributed by atoms with Crippen LogP contribution >= 0.6 is 0 Å². The predicted octanol–water partition coefficient (Wildman–Crippen LogP) is 4.31. The highest BCUT2D eigenvalue weighted by Crippen LogP contribution is 2.29. The number of carbonyl (C=O) groups excluding carboxylic acids is 1. The number of ether oxygens (including phenoxy) is 2. The van der Waals surface area contributed by atoms with E-state index >= 15 is 0 Å². The molecule has 0 N–H and O–H groups in total. The first-order valence-corrected chi connectivity index (χ1v) is 7.32. The SMILES string of the molecule is COc1cccc(OC)c1/C=C/C(=O)/C=C/c1ccc(C)cc1. The molecule has 0 fully saturated rings. The fraction of sp³-hybridized carbons (Fsp3) is 0.150. The van der Waals surface area contributed by atoms with Crippen molar-refractivity contribution in [3.63, 3.8) is 0 Å². The zero-order valence-electron chi connectivity index (χ0n) is 13.6. The van der Waals surface area contributed by atoms with Gasteiger partial charge in [0.25, 0.3) is 0 Å². The van der Waals surface area contributed by atoms with Crippen LogP contribution in [0, 0.1) is 6.92 Å². The van der Waals surface area contributed by atoms with Gasteiger partial charge in [0.05, 0.1) is 19.8 Å². The van der Waals surface area contributed by atoms with Crippen LogP contribution in [0.4, 0.5) is 0 Å². The summed E-state index contributed by atoms with van der Waals surface area (Å²) in [6.45, 7) is 2.03. The van der Waals surface area contributed by atoms with Crippen LogP contribution in [0.3, 0.4) is 0 Å². The van der Waals surface area contributed by atoms with Gasteiger partial charge in [-0.25, -0.2) is 0 Å². The average molecular weight is 308 g/mol. The van der Waals surface area contributed by atoms with E-state index in [0.29, 0.717) is 11.5 Å². The summed E-state index contributed by atoms with van der Waals surface area (Å²) in [5.41, 5.74) is 2.93. The lowest BCUT2D eigenvalue weighted by Gasteiger charge is -2.09. The Balaban J connectivity index is 2.14. The van der Waals surface area contributed by atoms with Crippen molar-refractivity contribution in [1.82, 2.24) is 0 Å². The molecule has 0 aromatic heterocycles. The van der Waals surface area contributed by atoms with E-state index in [1.165, 1.54) is 11.6 Å². The fourth-order valence-electron chi connectivity index (χ4n) is 2.12. The first-order chi connectivity index (χ1) is 11.1. The van der Waals surface area contributed by atoms with Crippen LogP contribution in [0.25, 0.3) is 12.2 Å². The molecule has 23 heavy (non-hydrogen) atoms. The number of rotatable bonds is 6. The van der Waals surface area contributed by atoms with Crippen molar-refractivity contribution in [2.24, 2.45) is 0 Å². The molecule has 3 heteroatoms. The summed E-state index contributed by atoms with van der Waals surface area (Å²) >= 11 is 0. The van der Waals surface area contributed by atoms with Crippen LogP contribution < -0.4 is 9.47 Å². The highest BCUT2D eigenvalue weighted by molar-refractivity contribution is 6.04. The van der Waals surface area contributed by atoms with Crippen molar-refractivity contribution in [2.75, 3.05) is 14.2 Å². The number of hydrogen-bond donors (Lipinski definition) is 0. The van der Waals surface area contributed by atoms with Crippen molar-refractivity contribution >= 4 is 17.9 Å². The van der Waals surface area contributed by atoms with Gasteiger partial charge >= 0.3 is 0 Å². The molecule has 0 saturated heterocycles. The van der Waals surface area contributed by atoms with Crippen LogP contribution in [0.1, 0.15) is 16.7 Å². The second-order valence-corrected chi connectivity index (χ2v) is 5.06. The summed E-state index contributed by atoms with van der Waals surface area (Å²) in [6, 6.07) is 13.5. The van der Waals surface area contributed by atoms with Gasteiger partial charge in [0.1, 0.15) is 11.5 Å². The van der Waals surface area contributed by atoms with Crippen molar-refractivity contribution in [3.05, 3.63) is 71.3 Å². The Kier molecular flexibility index (Phi) is 5.75. The van der Waals surface area contributed by atoms with Crippen molar-refractivity contribution in [2.45, 2.75) is 6.92 Å². The molecule has 0 bridgehead atoms. The van der Waals surface area contributed by atoms with Gasteiger partial charge in [-0.3, -0.25) is 4.79 Å². The number of carbonyl (C=O) groups is 1. The maximum Gasteiger partial charge on any atom is 0.178 e. The summed E-state index contributed by atoms with van der Waals surface area (Å²) in [5.74, 6) is 1.23. The molecule has 3 nitrogen and oxygen atoms in total. The van der Waals surface area contributed by atoms with E-state index in [1.807, 2.05) is 49.4 Å². The molecule has 0 atom stereocenters. The molecule has 0 radical (unpaired) electrons. The molecule has 0 saturated carbocycles. The number of ketones is 1. The minimum absolute atomic E-state index is 0.0986. The molecular weight excluding hydrogens is 288 g/mol. The van der Waals surface area contributed by atoms with Crippen LogP contribution in [0.5, 0.6) is 11.5 Å². The minimum atomic E-state index is -0.0986. The molecule has 2 rings (SSSR count). The van der Waals surface area contributed by atoms with Gasteiger partial charge in [-0.1, -0.05) is 42.0 Å². The monoisotopic (exact) mass is 308 g/mol. The van der Waals surface area contributed by atoms with Crippen LogP contribution in [0.15, 0.2) is 54.6 Å². The van der Waals surface area contributed by atoms with Gasteiger partial charge in [0, 0.05) is 0 Å². The average Bonchev–Trinajstić information content (AvgIpc) is 2.59. The van der Waals surface area contributed by atoms with E-state index in [4.69, 9.17) is 9.47 Å². The maximum atomic E-state index is 12.0. The van der Waals surface area contributed by atoms with Gasteiger partial charge in [-0.2, -0.15) is 0 Å². The molecule has 0 heterocycles. The zero-order chi connectivity index (χ0) is 16.7. The lowest BCUT2D eigenvalue weighted by molar-refractivity contribution is -0.110. The van der Waals surface area contributed by atoms with E-state index in [9.17, 15) is 4.79 Å². The normalized spacial score (nSPS) is 11.1. The van der Waals surface area contributed by atoms with E-state index in [0.717, 1.165) is 11.1 Å². The third-order valence-corrected chi connectivity index (χ3v) is 3.40. The summed E-state index contributed by atoms with van der Waals surface area (Å²) in [5, 5.41) is 0. The fourth-order valence-corrected chi connectivity index (χ4v) is 2.12. The summed E-state index contributed by atoms with van der Waals surface area (Å²) in [4.78, 5) is 12.0. The molecule has 0 unspecified atom stereocenters. The number of methoxy groups -OCH3 is 2. The Morgan fingerprint density at radius 3 is 2.00 bits per heavy atom. The summed E-state index contributed by atoms with van der Waals surface area (Å²) < 4.78 is 10.6. The van der Waals surface area contributed by atoms with Gasteiger partial charge in [-0.15, -0.1) is 0 Å². The van der Waals surface area contributed by atoms with Crippen molar-refractivity contribution in [1.29, 1.82) is 0 Å². The molecule has 2 aromatic rings. The van der Waals surface area contributed by atoms with E-state index in [2.05, 4.69) is 0 Å². The Morgan fingerprint density at radius 1 is 0.870 bits per heavy atom. The van der Waals surface area contributed by atoms with Crippen LogP contribution in [-0.4, -0.2) is 20.0 Å². The minimum Gasteiger partial charge on any atom is -0.496 e. The van der Waals surface area contributed by atoms with Crippen LogP contribution in [-0.2, 0) is 4.79 Å². The number of allylic oxidation sites excluding steroid dienone is 2. The van der Waals surface area contributed by atoms with Crippen molar-refractivity contribution < 1.29 is 14.3 Å². The van der Waals surface area contributed by atoms with Gasteiger partial charge < -0.3 is 9.47 Å². The smallest absolute Gasteiger partial charge is 0.178 e. The molecule has 118 valence electrons. The third kappa shape index (κ3) is 4.58. The molecule has 0 spiro atoms. The molecule has 0 aliphatic heterocycles. The first-order valence-electron chi connectivity index (χ1n) is 7.32. The van der Waals surface area contributed by atoms with Crippen LogP contribution in [0.2, 0.25) is 0 Å². The highest BCUT2D eigenvalue weighted by atomic mass is 16.5. The standard InChI is InChI=1S/C20H20O3/c1-15-7-9-16(10-8-15)11-12-17(21)13-14-18-19(22-2)5-4-6-20(18)23-3/h4-14H,1-3H3/b12-11+,14-13+. The Hall–Kier alpha value is -2.81. The lowest BCUT2D eigenvalue weighted by Crippen LogP contribution is -1.93. The molecular formula is C20H20O3. The number of aryl methyl sites for hydroxylation is 1. The predicted molar refractivity (Wildman–Crippen MR) is 93.8 cm³/mol. The van der Waals surface area contributed by atoms with Crippen molar-refractivity contribution in [3.8, 4) is 11.5 Å². The number of benzene rings is 2. The topological polar surface area (TPSA) is 35.5 Å². The zero-order valence-corrected chi connectivity index (χ0v) is 13.6.